The van der Waals surface area contributed by atoms with Crippen LogP contribution < -0.4 is 16.2 Å². The van der Waals surface area contributed by atoms with Gasteiger partial charge in [-0.2, -0.15) is 0 Å². The fraction of sp³-hybridized carbons (Fsp3) is 0.231. The molecule has 0 spiro atoms. The number of H-pyrrole nitrogens is 1. The van der Waals surface area contributed by atoms with E-state index in [9.17, 15) is 4.79 Å². The Bertz CT molecular complexity index is 626. The number of aromatic amines is 1. The van der Waals surface area contributed by atoms with Gasteiger partial charge in [0.2, 0.25) is 0 Å². The number of nitrogens with zero attached hydrogens (tertiary/aromatic N) is 2. The van der Waals surface area contributed by atoms with Crippen LogP contribution in [0.25, 0.3) is 0 Å². The monoisotopic (exact) mass is 278 g/mol. The molecule has 0 aliphatic rings. The number of benzene rings is 1. The molecule has 100 valence electrons. The number of nitrogen functional groups attached to an aromatic ring is 1. The van der Waals surface area contributed by atoms with Crippen LogP contribution in [0.4, 0.5) is 11.5 Å². The molecule has 2 rings (SSSR count). The Morgan fingerprint density at radius 3 is 2.84 bits per heavy atom. The van der Waals surface area contributed by atoms with Crippen molar-refractivity contribution < 1.29 is 0 Å². The normalized spacial score (nSPS) is 10.4. The first-order chi connectivity index (χ1) is 9.13. The summed E-state index contributed by atoms with van der Waals surface area (Å²) in [5, 5.41) is 0.0962. The molecule has 0 saturated heterocycles. The number of rotatable bonds is 4. The third kappa shape index (κ3) is 2.88. The van der Waals surface area contributed by atoms with Gasteiger partial charge in [0.1, 0.15) is 5.02 Å². The summed E-state index contributed by atoms with van der Waals surface area (Å²) < 4.78 is 0. The average Bonchev–Trinajstić information content (AvgIpc) is 2.41. The molecule has 5 nitrogen and oxygen atoms in total. The van der Waals surface area contributed by atoms with E-state index < -0.39 is 0 Å². The van der Waals surface area contributed by atoms with Crippen LogP contribution >= 0.6 is 11.6 Å². The van der Waals surface area contributed by atoms with Crippen molar-refractivity contribution in [3.05, 3.63) is 51.5 Å². The Hall–Kier alpha value is -2.01. The Morgan fingerprint density at radius 2 is 2.16 bits per heavy atom. The zero-order chi connectivity index (χ0) is 13.8. The predicted molar refractivity (Wildman–Crippen MR) is 77.4 cm³/mol. The zero-order valence-electron chi connectivity index (χ0n) is 10.6. The number of aromatic nitrogens is 2. The first-order valence-electron chi connectivity index (χ1n) is 5.95. The fourth-order valence-corrected chi connectivity index (χ4v) is 2.04. The molecule has 2 aromatic rings. The maximum absolute atomic E-state index is 11.5. The van der Waals surface area contributed by atoms with Crippen LogP contribution in [0.15, 0.2) is 35.4 Å². The van der Waals surface area contributed by atoms with E-state index in [4.69, 9.17) is 17.3 Å². The van der Waals surface area contributed by atoms with Crippen molar-refractivity contribution in [2.45, 2.75) is 13.5 Å². The van der Waals surface area contributed by atoms with Crippen LogP contribution in [0.5, 0.6) is 0 Å². The molecule has 6 heteroatoms. The van der Waals surface area contributed by atoms with Gasteiger partial charge in [-0.15, -0.1) is 0 Å². The topological polar surface area (TPSA) is 75.0 Å². The molecule has 0 unspecified atom stereocenters. The molecule has 0 bridgehead atoms. The minimum atomic E-state index is -0.342. The van der Waals surface area contributed by atoms with E-state index in [-0.39, 0.29) is 10.6 Å². The van der Waals surface area contributed by atoms with Gasteiger partial charge in [0, 0.05) is 18.8 Å². The minimum Gasteiger partial charge on any atom is -0.398 e. The van der Waals surface area contributed by atoms with Crippen LogP contribution in [-0.4, -0.2) is 16.5 Å². The number of hydrogen-bond acceptors (Lipinski definition) is 4. The van der Waals surface area contributed by atoms with Crippen molar-refractivity contribution in [1.29, 1.82) is 0 Å². The Labute approximate surface area is 116 Å². The van der Waals surface area contributed by atoms with Crippen LogP contribution in [0, 0.1) is 0 Å². The van der Waals surface area contributed by atoms with Gasteiger partial charge in [-0.3, -0.25) is 4.79 Å². The van der Waals surface area contributed by atoms with E-state index in [1.807, 2.05) is 36.1 Å². The predicted octanol–water partition coefficient (Wildman–Crippen LogP) is 2.03. The molecule has 0 amide bonds. The summed E-state index contributed by atoms with van der Waals surface area (Å²) in [5.74, 6) is 0.469. The van der Waals surface area contributed by atoms with Crippen LogP contribution in [-0.2, 0) is 6.54 Å². The van der Waals surface area contributed by atoms with Gasteiger partial charge in [0.25, 0.3) is 5.56 Å². The van der Waals surface area contributed by atoms with Crippen molar-refractivity contribution in [1.82, 2.24) is 9.97 Å². The molecule has 0 aliphatic carbocycles. The number of nitrogens with one attached hydrogen (secondary N) is 1. The maximum atomic E-state index is 11.5. The summed E-state index contributed by atoms with van der Waals surface area (Å²) in [6.45, 7) is 3.20. The Kier molecular flexibility index (Phi) is 4.06. The molecule has 1 aromatic heterocycles. The van der Waals surface area contributed by atoms with E-state index in [1.54, 1.807) is 0 Å². The highest BCUT2D eigenvalue weighted by atomic mass is 35.5. The van der Waals surface area contributed by atoms with Gasteiger partial charge in [0.15, 0.2) is 5.82 Å². The summed E-state index contributed by atoms with van der Waals surface area (Å²) in [5.41, 5.74) is 7.26. The first kappa shape index (κ1) is 13.4. The third-order valence-electron chi connectivity index (χ3n) is 2.88. The van der Waals surface area contributed by atoms with Crippen molar-refractivity contribution >= 4 is 23.1 Å². The van der Waals surface area contributed by atoms with E-state index in [1.165, 1.54) is 6.33 Å². The lowest BCUT2D eigenvalue weighted by molar-refractivity contribution is 0.809. The molecular formula is C13H15ClN4O. The SMILES string of the molecule is CCN(Cc1ccccc1N)c1nc[nH]c(=O)c1Cl. The molecule has 3 N–H and O–H groups in total. The summed E-state index contributed by atoms with van der Waals surface area (Å²) >= 11 is 5.99. The van der Waals surface area contributed by atoms with Gasteiger partial charge in [-0.25, -0.2) is 4.98 Å². The second-order valence-electron chi connectivity index (χ2n) is 4.08. The number of halogens is 1. The molecule has 1 heterocycles. The second kappa shape index (κ2) is 5.75. The molecule has 0 radical (unpaired) electrons. The quantitative estimate of drug-likeness (QED) is 0.839. The first-order valence-corrected chi connectivity index (χ1v) is 6.32. The van der Waals surface area contributed by atoms with Gasteiger partial charge in [-0.05, 0) is 18.6 Å². The molecule has 0 saturated carbocycles. The lowest BCUT2D eigenvalue weighted by Crippen LogP contribution is -2.26. The van der Waals surface area contributed by atoms with Gasteiger partial charge < -0.3 is 15.6 Å². The maximum Gasteiger partial charge on any atom is 0.271 e. The number of hydrogen-bond donors (Lipinski definition) is 2. The molecule has 0 aliphatic heterocycles. The van der Waals surface area contributed by atoms with E-state index in [0.717, 1.165) is 5.56 Å². The third-order valence-corrected chi connectivity index (χ3v) is 3.22. The van der Waals surface area contributed by atoms with Crippen LogP contribution in [0.2, 0.25) is 5.02 Å². The fourth-order valence-electron chi connectivity index (χ4n) is 1.81. The van der Waals surface area contributed by atoms with Gasteiger partial charge in [0.05, 0.1) is 6.33 Å². The summed E-state index contributed by atoms with van der Waals surface area (Å²) in [6, 6.07) is 7.59. The lowest BCUT2D eigenvalue weighted by Gasteiger charge is -2.23. The zero-order valence-corrected chi connectivity index (χ0v) is 11.3. The summed E-state index contributed by atoms with van der Waals surface area (Å²) in [7, 11) is 0. The Morgan fingerprint density at radius 1 is 1.42 bits per heavy atom. The van der Waals surface area contributed by atoms with Gasteiger partial charge in [-0.1, -0.05) is 29.8 Å². The van der Waals surface area contributed by atoms with Crippen molar-refractivity contribution in [2.24, 2.45) is 0 Å². The number of para-hydroxylation sites is 1. The molecular weight excluding hydrogens is 264 g/mol. The van der Waals surface area contributed by atoms with E-state index >= 15 is 0 Å². The van der Waals surface area contributed by atoms with Crippen molar-refractivity contribution in [3.8, 4) is 0 Å². The highest BCUT2D eigenvalue weighted by Crippen LogP contribution is 2.22. The molecule has 19 heavy (non-hydrogen) atoms. The molecule has 0 atom stereocenters. The van der Waals surface area contributed by atoms with E-state index in [2.05, 4.69) is 9.97 Å². The lowest BCUT2D eigenvalue weighted by atomic mass is 10.1. The highest BCUT2D eigenvalue weighted by molar-refractivity contribution is 6.32. The van der Waals surface area contributed by atoms with E-state index in [0.29, 0.717) is 24.6 Å². The Balaban J connectivity index is 2.33. The molecule has 0 fully saturated rings. The highest BCUT2D eigenvalue weighted by Gasteiger charge is 2.14. The van der Waals surface area contributed by atoms with Gasteiger partial charge >= 0.3 is 0 Å². The molecule has 1 aromatic carbocycles. The van der Waals surface area contributed by atoms with Crippen LogP contribution in [0.3, 0.4) is 0 Å². The number of anilines is 2. The van der Waals surface area contributed by atoms with Crippen LogP contribution in [0.1, 0.15) is 12.5 Å². The smallest absolute Gasteiger partial charge is 0.271 e. The summed E-state index contributed by atoms with van der Waals surface area (Å²) in [6.07, 6.45) is 1.35. The minimum absolute atomic E-state index is 0.0962. The largest absolute Gasteiger partial charge is 0.398 e. The standard InChI is InChI=1S/C13H15ClN4O/c1-2-18(7-9-5-3-4-6-10(9)15)12-11(14)13(19)17-8-16-12/h3-6,8H,2,7,15H2,1H3,(H,16,17,19). The summed E-state index contributed by atoms with van der Waals surface area (Å²) in [4.78, 5) is 20.0. The second-order valence-corrected chi connectivity index (χ2v) is 4.46. The number of nitrogens with two attached hydrogens (primary N) is 1. The van der Waals surface area contributed by atoms with Crippen molar-refractivity contribution in [3.63, 3.8) is 0 Å². The van der Waals surface area contributed by atoms with Crippen molar-refractivity contribution in [2.75, 3.05) is 17.2 Å². The average molecular weight is 279 g/mol.